The van der Waals surface area contributed by atoms with Crippen molar-refractivity contribution in [2.24, 2.45) is 5.41 Å². The lowest BCUT2D eigenvalue weighted by molar-refractivity contribution is -0.143. The van der Waals surface area contributed by atoms with Crippen LogP contribution in [0.3, 0.4) is 0 Å². The summed E-state index contributed by atoms with van der Waals surface area (Å²) in [6.45, 7) is 2.52. The largest absolute Gasteiger partial charge is 0.395 e. The number of nitrogens with zero attached hydrogens (tertiary/aromatic N) is 3. The number of rotatable bonds is 4. The number of amides is 2. The fraction of sp³-hybridized carbons (Fsp3) is 0.611. The van der Waals surface area contributed by atoms with Crippen molar-refractivity contribution in [3.8, 4) is 0 Å². The molecule has 1 N–H and O–H groups in total. The Morgan fingerprint density at radius 2 is 2.17 bits per heavy atom. The second-order valence-electron chi connectivity index (χ2n) is 6.96. The van der Waals surface area contributed by atoms with E-state index in [1.807, 2.05) is 23.1 Å². The van der Waals surface area contributed by atoms with Gasteiger partial charge in [-0.2, -0.15) is 0 Å². The summed E-state index contributed by atoms with van der Waals surface area (Å²) in [6, 6.07) is 5.62. The Balaban J connectivity index is 1.65. The lowest BCUT2D eigenvalue weighted by Gasteiger charge is -2.48. The highest BCUT2D eigenvalue weighted by atomic mass is 16.3. The maximum Gasteiger partial charge on any atom is 0.228 e. The van der Waals surface area contributed by atoms with E-state index in [-0.39, 0.29) is 23.8 Å². The van der Waals surface area contributed by atoms with Crippen LogP contribution in [0.1, 0.15) is 31.4 Å². The highest BCUT2D eigenvalue weighted by Gasteiger charge is 2.42. The molecule has 24 heavy (non-hydrogen) atoms. The summed E-state index contributed by atoms with van der Waals surface area (Å²) in [7, 11) is 0. The van der Waals surface area contributed by atoms with E-state index in [9.17, 15) is 9.59 Å². The SMILES string of the molecule is O=C1CC[C@]2(CCCN(C(=O)Cc3ccccn3)C2)CN1CCO. The second kappa shape index (κ2) is 7.30. The minimum Gasteiger partial charge on any atom is -0.395 e. The van der Waals surface area contributed by atoms with E-state index in [1.54, 1.807) is 11.1 Å². The molecule has 1 atom stereocenters. The number of aromatic nitrogens is 1. The third-order valence-corrected chi connectivity index (χ3v) is 5.19. The Bertz CT molecular complexity index is 592. The van der Waals surface area contributed by atoms with Gasteiger partial charge in [0.25, 0.3) is 0 Å². The molecule has 2 fully saturated rings. The van der Waals surface area contributed by atoms with Crippen molar-refractivity contribution < 1.29 is 14.7 Å². The van der Waals surface area contributed by atoms with Crippen LogP contribution in [-0.2, 0) is 16.0 Å². The van der Waals surface area contributed by atoms with E-state index >= 15 is 0 Å². The Labute approximate surface area is 142 Å². The molecule has 3 heterocycles. The van der Waals surface area contributed by atoms with Crippen molar-refractivity contribution in [2.75, 3.05) is 32.8 Å². The summed E-state index contributed by atoms with van der Waals surface area (Å²) in [4.78, 5) is 32.6. The summed E-state index contributed by atoms with van der Waals surface area (Å²) in [5, 5.41) is 9.16. The van der Waals surface area contributed by atoms with E-state index in [4.69, 9.17) is 5.11 Å². The van der Waals surface area contributed by atoms with Crippen LogP contribution in [0, 0.1) is 5.41 Å². The first-order valence-electron chi connectivity index (χ1n) is 8.68. The molecule has 0 aliphatic carbocycles. The molecule has 6 heteroatoms. The first kappa shape index (κ1) is 16.9. The third-order valence-electron chi connectivity index (χ3n) is 5.19. The standard InChI is InChI=1S/C18H25N3O3/c22-11-10-21-14-18(7-5-16(21)23)6-3-9-20(13-18)17(24)12-15-4-1-2-8-19-15/h1-2,4,8,22H,3,5-7,9-14H2/t18-/m0/s1. The van der Waals surface area contributed by atoms with Crippen LogP contribution in [0.2, 0.25) is 0 Å². The van der Waals surface area contributed by atoms with Gasteiger partial charge >= 0.3 is 0 Å². The number of β-amino-alcohol motifs (C(OH)–C–C–N with tert-alkyl or cyclic N) is 1. The molecule has 1 spiro atoms. The normalized spacial score (nSPS) is 24.5. The van der Waals surface area contributed by atoms with E-state index in [0.717, 1.165) is 31.5 Å². The van der Waals surface area contributed by atoms with Gasteiger partial charge in [0.15, 0.2) is 0 Å². The quantitative estimate of drug-likeness (QED) is 0.888. The molecular weight excluding hydrogens is 306 g/mol. The molecule has 1 aromatic rings. The van der Waals surface area contributed by atoms with Crippen molar-refractivity contribution in [1.29, 1.82) is 0 Å². The van der Waals surface area contributed by atoms with E-state index in [1.165, 1.54) is 0 Å². The van der Waals surface area contributed by atoms with Crippen LogP contribution in [-0.4, -0.2) is 64.5 Å². The average molecular weight is 331 g/mol. The van der Waals surface area contributed by atoms with Crippen LogP contribution < -0.4 is 0 Å². The van der Waals surface area contributed by atoms with Crippen molar-refractivity contribution in [3.63, 3.8) is 0 Å². The highest BCUT2D eigenvalue weighted by Crippen LogP contribution is 2.38. The fourth-order valence-corrected chi connectivity index (χ4v) is 3.95. The molecule has 3 rings (SSSR count). The van der Waals surface area contributed by atoms with Crippen molar-refractivity contribution in [1.82, 2.24) is 14.8 Å². The van der Waals surface area contributed by atoms with E-state index < -0.39 is 0 Å². The second-order valence-corrected chi connectivity index (χ2v) is 6.96. The van der Waals surface area contributed by atoms with E-state index in [2.05, 4.69) is 4.98 Å². The number of likely N-dealkylation sites (tertiary alicyclic amines) is 2. The minimum atomic E-state index is -0.0128. The molecule has 2 amide bonds. The number of aliphatic hydroxyl groups excluding tert-OH is 1. The molecule has 0 bridgehead atoms. The van der Waals surface area contributed by atoms with Gasteiger partial charge in [0.1, 0.15) is 0 Å². The summed E-state index contributed by atoms with van der Waals surface area (Å²) in [5.74, 6) is 0.227. The molecule has 0 saturated carbocycles. The predicted molar refractivity (Wildman–Crippen MR) is 89.1 cm³/mol. The van der Waals surface area contributed by atoms with Gasteiger partial charge in [0, 0.05) is 49.9 Å². The Morgan fingerprint density at radius 3 is 2.92 bits per heavy atom. The van der Waals surface area contributed by atoms with Crippen LogP contribution >= 0.6 is 0 Å². The van der Waals surface area contributed by atoms with Crippen LogP contribution in [0.15, 0.2) is 24.4 Å². The number of aliphatic hydroxyl groups is 1. The number of carbonyl (C=O) groups is 2. The zero-order valence-corrected chi connectivity index (χ0v) is 14.0. The van der Waals surface area contributed by atoms with Gasteiger partial charge in [-0.15, -0.1) is 0 Å². The minimum absolute atomic E-state index is 0.00978. The fourth-order valence-electron chi connectivity index (χ4n) is 3.95. The average Bonchev–Trinajstić information content (AvgIpc) is 2.60. The van der Waals surface area contributed by atoms with Gasteiger partial charge in [-0.05, 0) is 31.4 Å². The van der Waals surface area contributed by atoms with Crippen LogP contribution in [0.5, 0.6) is 0 Å². The molecule has 6 nitrogen and oxygen atoms in total. The summed E-state index contributed by atoms with van der Waals surface area (Å²) in [5.41, 5.74) is 0.782. The molecule has 2 aliphatic heterocycles. The highest BCUT2D eigenvalue weighted by molar-refractivity contribution is 5.79. The number of hydrogen-bond acceptors (Lipinski definition) is 4. The Hall–Kier alpha value is -1.95. The summed E-state index contributed by atoms with van der Waals surface area (Å²) >= 11 is 0. The number of hydrogen-bond donors (Lipinski definition) is 1. The topological polar surface area (TPSA) is 73.7 Å². The molecule has 0 aromatic carbocycles. The zero-order chi connectivity index (χ0) is 17.0. The molecule has 130 valence electrons. The Kier molecular flexibility index (Phi) is 5.14. The van der Waals surface area contributed by atoms with Crippen molar-refractivity contribution in [3.05, 3.63) is 30.1 Å². The van der Waals surface area contributed by atoms with Gasteiger partial charge in [-0.3, -0.25) is 14.6 Å². The van der Waals surface area contributed by atoms with Crippen LogP contribution in [0.25, 0.3) is 0 Å². The van der Waals surface area contributed by atoms with Crippen molar-refractivity contribution >= 4 is 11.8 Å². The van der Waals surface area contributed by atoms with Crippen molar-refractivity contribution in [2.45, 2.75) is 32.1 Å². The molecule has 0 radical (unpaired) electrons. The number of carbonyl (C=O) groups excluding carboxylic acids is 2. The summed E-state index contributed by atoms with van der Waals surface area (Å²) < 4.78 is 0. The maximum absolute atomic E-state index is 12.6. The maximum atomic E-state index is 12.6. The number of piperidine rings is 2. The number of pyridine rings is 1. The molecular formula is C18H25N3O3. The van der Waals surface area contributed by atoms with Gasteiger partial charge in [-0.1, -0.05) is 6.07 Å². The third kappa shape index (κ3) is 3.75. The molecule has 1 aromatic heterocycles. The lowest BCUT2D eigenvalue weighted by Crippen LogP contribution is -2.55. The molecule has 2 aliphatic rings. The first-order chi connectivity index (χ1) is 11.6. The first-order valence-corrected chi connectivity index (χ1v) is 8.68. The summed E-state index contributed by atoms with van der Waals surface area (Å²) in [6.07, 6.45) is 5.39. The van der Waals surface area contributed by atoms with E-state index in [0.29, 0.717) is 32.5 Å². The van der Waals surface area contributed by atoms with Gasteiger partial charge in [0.05, 0.1) is 13.0 Å². The lowest BCUT2D eigenvalue weighted by atomic mass is 9.73. The van der Waals surface area contributed by atoms with Crippen LogP contribution in [0.4, 0.5) is 0 Å². The monoisotopic (exact) mass is 331 g/mol. The van der Waals surface area contributed by atoms with Gasteiger partial charge < -0.3 is 14.9 Å². The molecule has 0 unspecified atom stereocenters. The van der Waals surface area contributed by atoms with Gasteiger partial charge in [-0.25, -0.2) is 0 Å². The predicted octanol–water partition coefficient (Wildman–Crippen LogP) is 0.848. The zero-order valence-electron chi connectivity index (χ0n) is 14.0. The van der Waals surface area contributed by atoms with Gasteiger partial charge in [0.2, 0.25) is 11.8 Å². The Morgan fingerprint density at radius 1 is 1.29 bits per heavy atom. The smallest absolute Gasteiger partial charge is 0.228 e. The molecule has 2 saturated heterocycles.